The van der Waals surface area contributed by atoms with Gasteiger partial charge in [0.05, 0.1) is 13.2 Å². The average molecular weight is 353 g/mol. The molecule has 0 aliphatic carbocycles. The third-order valence-corrected chi connectivity index (χ3v) is 5.57. The second kappa shape index (κ2) is 8.29. The number of benzene rings is 2. The Kier molecular flexibility index (Phi) is 6.37. The zero-order valence-corrected chi connectivity index (χ0v) is 14.5. The highest BCUT2D eigenvalue weighted by Gasteiger charge is 2.37. The molecule has 5 nitrogen and oxygen atoms in total. The summed E-state index contributed by atoms with van der Waals surface area (Å²) in [6.45, 7) is 3.86. The molecule has 1 unspecified atom stereocenters. The molecule has 0 fully saturated rings. The first-order valence-electron chi connectivity index (χ1n) is 7.68. The Morgan fingerprint density at radius 2 is 1.75 bits per heavy atom. The van der Waals surface area contributed by atoms with Gasteiger partial charge in [0.25, 0.3) is 0 Å². The van der Waals surface area contributed by atoms with E-state index < -0.39 is 19.2 Å². The highest BCUT2D eigenvalue weighted by molar-refractivity contribution is 7.54. The Morgan fingerprint density at radius 3 is 2.29 bits per heavy atom. The molecular formula is C17H21FNO4P. The molecule has 24 heavy (non-hydrogen) atoms. The predicted octanol–water partition coefficient (Wildman–Crippen LogP) is 4.91. The van der Waals surface area contributed by atoms with Crippen molar-refractivity contribution in [2.75, 3.05) is 18.5 Å². The molecule has 0 aliphatic rings. The van der Waals surface area contributed by atoms with Gasteiger partial charge in [-0.2, -0.15) is 0 Å². The average Bonchev–Trinajstić information content (AvgIpc) is 2.54. The van der Waals surface area contributed by atoms with E-state index >= 15 is 0 Å². The second-order valence-electron chi connectivity index (χ2n) is 5.02. The molecule has 0 aromatic heterocycles. The fraction of sp³-hybridized carbons (Fsp3) is 0.294. The van der Waals surface area contributed by atoms with Crippen LogP contribution in [0.15, 0.2) is 48.5 Å². The van der Waals surface area contributed by atoms with Gasteiger partial charge in [-0.15, -0.1) is 0 Å². The predicted molar refractivity (Wildman–Crippen MR) is 91.7 cm³/mol. The lowest BCUT2D eigenvalue weighted by atomic mass is 10.2. The Balaban J connectivity index is 2.43. The summed E-state index contributed by atoms with van der Waals surface area (Å²) in [5.41, 5.74) is 1.05. The van der Waals surface area contributed by atoms with Crippen molar-refractivity contribution in [2.24, 2.45) is 0 Å². The summed E-state index contributed by atoms with van der Waals surface area (Å²) in [5, 5.41) is 12.5. The van der Waals surface area contributed by atoms with Crippen molar-refractivity contribution in [1.29, 1.82) is 0 Å². The van der Waals surface area contributed by atoms with Crippen LogP contribution in [0.4, 0.5) is 10.1 Å². The number of phenols is 1. The zero-order chi connectivity index (χ0) is 17.6. The lowest BCUT2D eigenvalue weighted by Crippen LogP contribution is -2.15. The van der Waals surface area contributed by atoms with Gasteiger partial charge in [0.15, 0.2) is 5.78 Å². The normalized spacial score (nSPS) is 12.8. The summed E-state index contributed by atoms with van der Waals surface area (Å²) in [4.78, 5) is 0. The molecule has 0 spiro atoms. The molecule has 0 saturated heterocycles. The molecule has 0 radical (unpaired) electrons. The maximum absolute atomic E-state index is 13.5. The molecule has 2 rings (SSSR count). The van der Waals surface area contributed by atoms with Crippen LogP contribution in [0.3, 0.4) is 0 Å². The van der Waals surface area contributed by atoms with Gasteiger partial charge in [-0.25, -0.2) is 4.39 Å². The van der Waals surface area contributed by atoms with Crippen LogP contribution in [0.2, 0.25) is 0 Å². The summed E-state index contributed by atoms with van der Waals surface area (Å²) >= 11 is 0. The summed E-state index contributed by atoms with van der Waals surface area (Å²) in [6, 6.07) is 12.1. The highest BCUT2D eigenvalue weighted by Crippen LogP contribution is 2.60. The number of hydrogen-bond acceptors (Lipinski definition) is 5. The number of rotatable bonds is 8. The first-order valence-corrected chi connectivity index (χ1v) is 9.29. The van der Waals surface area contributed by atoms with E-state index in [4.69, 9.17) is 9.05 Å². The fourth-order valence-corrected chi connectivity index (χ4v) is 4.22. The molecule has 0 heterocycles. The number of anilines is 1. The first kappa shape index (κ1) is 18.5. The van der Waals surface area contributed by atoms with E-state index in [0.29, 0.717) is 11.3 Å². The largest absolute Gasteiger partial charge is 0.508 e. The molecule has 2 aromatic carbocycles. The second-order valence-corrected chi connectivity index (χ2v) is 7.14. The number of halogens is 1. The van der Waals surface area contributed by atoms with E-state index in [-0.39, 0.29) is 19.0 Å². The number of aromatic hydroxyl groups is 1. The van der Waals surface area contributed by atoms with Crippen molar-refractivity contribution in [3.8, 4) is 5.75 Å². The summed E-state index contributed by atoms with van der Waals surface area (Å²) in [7, 11) is -3.56. The van der Waals surface area contributed by atoms with Gasteiger partial charge >= 0.3 is 7.60 Å². The number of phenolic OH excluding ortho intramolecular Hbond substituents is 1. The summed E-state index contributed by atoms with van der Waals surface area (Å²) < 4.78 is 37.6. The van der Waals surface area contributed by atoms with Crippen molar-refractivity contribution in [3.63, 3.8) is 0 Å². The van der Waals surface area contributed by atoms with E-state index in [1.165, 1.54) is 24.3 Å². The molecule has 0 amide bonds. The number of nitrogens with one attached hydrogen (secondary N) is 1. The van der Waals surface area contributed by atoms with E-state index in [1.54, 1.807) is 38.1 Å². The molecule has 0 bridgehead atoms. The lowest BCUT2D eigenvalue weighted by molar-refractivity contribution is 0.214. The third-order valence-electron chi connectivity index (χ3n) is 3.27. The Morgan fingerprint density at radius 1 is 1.12 bits per heavy atom. The standard InChI is InChI=1S/C17H21FNO4P/c1-3-22-24(21,23-4-2)17(13-8-10-16(20)11-9-13)19-15-7-5-6-14(18)12-15/h5-12,17,19-20H,3-4H2,1-2H3. The summed E-state index contributed by atoms with van der Waals surface area (Å²) in [6.07, 6.45) is 0. The minimum atomic E-state index is -3.56. The van der Waals surface area contributed by atoms with Crippen molar-refractivity contribution in [3.05, 3.63) is 59.9 Å². The van der Waals surface area contributed by atoms with Crippen molar-refractivity contribution in [2.45, 2.75) is 19.6 Å². The minimum Gasteiger partial charge on any atom is -0.508 e. The Labute approximate surface area is 141 Å². The minimum absolute atomic E-state index is 0.0888. The highest BCUT2D eigenvalue weighted by atomic mass is 31.2. The molecule has 0 saturated carbocycles. The molecule has 7 heteroatoms. The Hall–Kier alpha value is -1.88. The number of hydrogen-bond donors (Lipinski definition) is 2. The maximum Gasteiger partial charge on any atom is 0.357 e. The van der Waals surface area contributed by atoms with Crippen LogP contribution in [-0.4, -0.2) is 18.3 Å². The fourth-order valence-electron chi connectivity index (χ4n) is 2.28. The lowest BCUT2D eigenvalue weighted by Gasteiger charge is -2.28. The van der Waals surface area contributed by atoms with Crippen LogP contribution >= 0.6 is 7.60 Å². The molecule has 2 N–H and O–H groups in total. The van der Waals surface area contributed by atoms with Crippen molar-refractivity contribution < 1.29 is 23.1 Å². The molecule has 0 aliphatic heterocycles. The van der Waals surface area contributed by atoms with Crippen molar-refractivity contribution >= 4 is 13.3 Å². The maximum atomic E-state index is 13.5. The smallest absolute Gasteiger partial charge is 0.357 e. The van der Waals surface area contributed by atoms with Gasteiger partial charge in [-0.3, -0.25) is 4.57 Å². The van der Waals surface area contributed by atoms with Gasteiger partial charge in [0, 0.05) is 5.69 Å². The van der Waals surface area contributed by atoms with Gasteiger partial charge in [-0.05, 0) is 49.7 Å². The molecular weight excluding hydrogens is 332 g/mol. The van der Waals surface area contributed by atoms with Gasteiger partial charge in [0.2, 0.25) is 0 Å². The molecule has 130 valence electrons. The van der Waals surface area contributed by atoms with Crippen LogP contribution in [0, 0.1) is 5.82 Å². The monoisotopic (exact) mass is 353 g/mol. The quantitative estimate of drug-likeness (QED) is 0.660. The molecule has 2 aromatic rings. The SMILES string of the molecule is CCOP(=O)(OCC)C(Nc1cccc(F)c1)c1ccc(O)cc1. The summed E-state index contributed by atoms with van der Waals surface area (Å²) in [5.74, 6) is -1.15. The van der Waals surface area contributed by atoms with E-state index in [0.717, 1.165) is 0 Å². The topological polar surface area (TPSA) is 67.8 Å². The molecule has 1 atom stereocenters. The third kappa shape index (κ3) is 4.57. The van der Waals surface area contributed by atoms with E-state index in [9.17, 15) is 14.1 Å². The van der Waals surface area contributed by atoms with Gasteiger partial charge in [0.1, 0.15) is 11.6 Å². The van der Waals surface area contributed by atoms with E-state index in [2.05, 4.69) is 5.32 Å². The van der Waals surface area contributed by atoms with Crippen LogP contribution < -0.4 is 5.32 Å². The van der Waals surface area contributed by atoms with Crippen LogP contribution in [0.1, 0.15) is 25.2 Å². The zero-order valence-electron chi connectivity index (χ0n) is 13.6. The van der Waals surface area contributed by atoms with Crippen LogP contribution in [0.5, 0.6) is 5.75 Å². The Bertz CT molecular complexity index is 698. The van der Waals surface area contributed by atoms with Crippen molar-refractivity contribution in [1.82, 2.24) is 0 Å². The van der Waals surface area contributed by atoms with Crippen LogP contribution in [-0.2, 0) is 13.6 Å². The van der Waals surface area contributed by atoms with Gasteiger partial charge < -0.3 is 19.5 Å². The first-order chi connectivity index (χ1) is 11.5. The van der Waals surface area contributed by atoms with Crippen LogP contribution in [0.25, 0.3) is 0 Å². The van der Waals surface area contributed by atoms with E-state index in [1.807, 2.05) is 0 Å². The van der Waals surface area contributed by atoms with Gasteiger partial charge in [-0.1, -0.05) is 18.2 Å².